The van der Waals surface area contributed by atoms with E-state index in [1.807, 2.05) is 13.8 Å². The lowest BCUT2D eigenvalue weighted by Crippen LogP contribution is -2.46. The van der Waals surface area contributed by atoms with Gasteiger partial charge in [0.25, 0.3) is 0 Å². The summed E-state index contributed by atoms with van der Waals surface area (Å²) in [5, 5.41) is 0. The summed E-state index contributed by atoms with van der Waals surface area (Å²) in [6.45, 7) is 5.47. The number of esters is 1. The monoisotopic (exact) mass is 485 g/mol. The molecule has 0 radical (unpaired) electrons. The Hall–Kier alpha value is -1.77. The maximum Gasteiger partial charge on any atom is 0.324 e. The summed E-state index contributed by atoms with van der Waals surface area (Å²) in [5.74, 6) is -1.04. The summed E-state index contributed by atoms with van der Waals surface area (Å²) >= 11 is 3.29. The van der Waals surface area contributed by atoms with E-state index in [1.165, 1.54) is 30.3 Å². The van der Waals surface area contributed by atoms with Gasteiger partial charge in [0.15, 0.2) is 0 Å². The molecule has 29 heavy (non-hydrogen) atoms. The zero-order chi connectivity index (χ0) is 21.6. The number of carbonyl (C=O) groups excluding carboxylic acids is 1. The van der Waals surface area contributed by atoms with Crippen LogP contribution in [0.4, 0.5) is 4.39 Å². The highest BCUT2D eigenvalue weighted by atomic mass is 79.9. The SMILES string of the molecule is CCOC(=O)[C@H](CC(C)C)N(Cc1cccc(F)c1)S(=O)(=O)c1ccc(Br)cc1. The molecule has 0 aliphatic rings. The van der Waals surface area contributed by atoms with E-state index in [0.29, 0.717) is 5.56 Å². The molecule has 5 nitrogen and oxygen atoms in total. The topological polar surface area (TPSA) is 63.7 Å². The molecule has 0 spiro atoms. The van der Waals surface area contributed by atoms with Gasteiger partial charge in [-0.1, -0.05) is 41.9 Å². The minimum atomic E-state index is -4.05. The lowest BCUT2D eigenvalue weighted by atomic mass is 10.0. The molecule has 2 aromatic carbocycles. The van der Waals surface area contributed by atoms with Crippen molar-refractivity contribution in [3.63, 3.8) is 0 Å². The number of ether oxygens (including phenoxy) is 1. The molecule has 1 atom stereocenters. The molecule has 0 heterocycles. The third-order valence-electron chi connectivity index (χ3n) is 4.25. The van der Waals surface area contributed by atoms with Crippen LogP contribution in [-0.4, -0.2) is 31.3 Å². The van der Waals surface area contributed by atoms with Crippen LogP contribution in [0, 0.1) is 11.7 Å². The summed E-state index contributed by atoms with van der Waals surface area (Å²) in [6.07, 6.45) is 0.282. The minimum absolute atomic E-state index is 0.0412. The van der Waals surface area contributed by atoms with E-state index in [1.54, 1.807) is 25.1 Å². The predicted molar refractivity (Wildman–Crippen MR) is 113 cm³/mol. The number of rotatable bonds is 9. The smallest absolute Gasteiger partial charge is 0.324 e. The normalized spacial score (nSPS) is 12.9. The number of halogens is 2. The third-order valence-corrected chi connectivity index (χ3v) is 6.65. The van der Waals surface area contributed by atoms with Crippen molar-refractivity contribution in [1.82, 2.24) is 4.31 Å². The predicted octanol–water partition coefficient (Wildman–Crippen LogP) is 4.76. The van der Waals surface area contributed by atoms with Crippen LogP contribution in [0.25, 0.3) is 0 Å². The summed E-state index contributed by atoms with van der Waals surface area (Å²) < 4.78 is 47.7. The van der Waals surface area contributed by atoms with Crippen molar-refractivity contribution in [2.75, 3.05) is 6.61 Å². The summed E-state index contributed by atoms with van der Waals surface area (Å²) in [7, 11) is -4.05. The number of hydrogen-bond acceptors (Lipinski definition) is 4. The minimum Gasteiger partial charge on any atom is -0.465 e. The first-order valence-corrected chi connectivity index (χ1v) is 11.6. The van der Waals surface area contributed by atoms with Gasteiger partial charge >= 0.3 is 5.97 Å². The van der Waals surface area contributed by atoms with Crippen molar-refractivity contribution in [3.8, 4) is 0 Å². The fourth-order valence-electron chi connectivity index (χ4n) is 2.94. The van der Waals surface area contributed by atoms with Crippen LogP contribution < -0.4 is 0 Å². The molecule has 0 unspecified atom stereocenters. The van der Waals surface area contributed by atoms with E-state index in [0.717, 1.165) is 8.78 Å². The van der Waals surface area contributed by atoms with Gasteiger partial charge in [0.05, 0.1) is 11.5 Å². The largest absolute Gasteiger partial charge is 0.465 e. The van der Waals surface area contributed by atoms with Gasteiger partial charge in [-0.05, 0) is 61.2 Å². The molecule has 0 aliphatic carbocycles. The summed E-state index contributed by atoms with van der Waals surface area (Å²) in [6, 6.07) is 10.8. The van der Waals surface area contributed by atoms with Gasteiger partial charge in [-0.2, -0.15) is 4.31 Å². The molecule has 0 fully saturated rings. The first-order valence-electron chi connectivity index (χ1n) is 9.33. The van der Waals surface area contributed by atoms with Crippen molar-refractivity contribution in [2.24, 2.45) is 5.92 Å². The first-order chi connectivity index (χ1) is 13.6. The standard InChI is InChI=1S/C21H25BrFNO4S/c1-4-28-21(25)20(12-15(2)3)24(14-16-6-5-7-18(23)13-16)29(26,27)19-10-8-17(22)9-11-19/h5-11,13,15,20H,4,12,14H2,1-3H3/t20-/m0/s1. The molecule has 0 bridgehead atoms. The van der Waals surface area contributed by atoms with Gasteiger partial charge in [-0.3, -0.25) is 4.79 Å². The quantitative estimate of drug-likeness (QED) is 0.480. The highest BCUT2D eigenvalue weighted by Gasteiger charge is 2.37. The number of nitrogens with zero attached hydrogens (tertiary/aromatic N) is 1. The van der Waals surface area contributed by atoms with Crippen molar-refractivity contribution in [2.45, 2.75) is 44.7 Å². The van der Waals surface area contributed by atoms with Gasteiger partial charge in [-0.25, -0.2) is 12.8 Å². The van der Waals surface area contributed by atoms with Crippen LogP contribution in [0.15, 0.2) is 57.9 Å². The third kappa shape index (κ3) is 6.35. The van der Waals surface area contributed by atoms with Crippen molar-refractivity contribution in [1.29, 1.82) is 0 Å². The lowest BCUT2D eigenvalue weighted by Gasteiger charge is -2.30. The molecule has 0 aliphatic heterocycles. The van der Waals surface area contributed by atoms with Crippen LogP contribution in [0.5, 0.6) is 0 Å². The second-order valence-electron chi connectivity index (χ2n) is 7.03. The second-order valence-corrected chi connectivity index (χ2v) is 9.84. The Morgan fingerprint density at radius 3 is 2.38 bits per heavy atom. The maximum absolute atomic E-state index is 13.7. The fourth-order valence-corrected chi connectivity index (χ4v) is 4.78. The highest BCUT2D eigenvalue weighted by Crippen LogP contribution is 2.26. The second kappa shape index (κ2) is 10.3. The van der Waals surface area contributed by atoms with E-state index in [2.05, 4.69) is 15.9 Å². The number of benzene rings is 2. The molecule has 2 rings (SSSR count). The molecule has 0 saturated carbocycles. The Morgan fingerprint density at radius 2 is 1.83 bits per heavy atom. The Morgan fingerprint density at radius 1 is 1.17 bits per heavy atom. The molecule has 158 valence electrons. The van der Waals surface area contributed by atoms with E-state index in [9.17, 15) is 17.6 Å². The van der Waals surface area contributed by atoms with E-state index >= 15 is 0 Å². The molecule has 0 N–H and O–H groups in total. The van der Waals surface area contributed by atoms with Crippen molar-refractivity contribution < 1.29 is 22.3 Å². The van der Waals surface area contributed by atoms with E-state index in [-0.39, 0.29) is 30.4 Å². The van der Waals surface area contributed by atoms with Crippen LogP contribution in [0.2, 0.25) is 0 Å². The number of hydrogen-bond donors (Lipinski definition) is 0. The van der Waals surface area contributed by atoms with Crippen molar-refractivity contribution >= 4 is 31.9 Å². The molecule has 2 aromatic rings. The maximum atomic E-state index is 13.7. The highest BCUT2D eigenvalue weighted by molar-refractivity contribution is 9.10. The zero-order valence-electron chi connectivity index (χ0n) is 16.6. The summed E-state index contributed by atoms with van der Waals surface area (Å²) in [5.41, 5.74) is 0.448. The lowest BCUT2D eigenvalue weighted by molar-refractivity contribution is -0.148. The average Bonchev–Trinajstić information content (AvgIpc) is 2.65. The molecule has 0 amide bonds. The van der Waals surface area contributed by atoms with E-state index < -0.39 is 27.9 Å². The Kier molecular flexibility index (Phi) is 8.36. The van der Waals surface area contributed by atoms with Crippen LogP contribution in [-0.2, 0) is 26.1 Å². The van der Waals surface area contributed by atoms with Gasteiger partial charge in [0, 0.05) is 11.0 Å². The van der Waals surface area contributed by atoms with Gasteiger partial charge < -0.3 is 4.74 Å². The molecule has 0 saturated heterocycles. The Labute approximate surface area is 180 Å². The van der Waals surface area contributed by atoms with Gasteiger partial charge in [0.1, 0.15) is 11.9 Å². The number of carbonyl (C=O) groups is 1. The van der Waals surface area contributed by atoms with Crippen LogP contribution in [0.3, 0.4) is 0 Å². The summed E-state index contributed by atoms with van der Waals surface area (Å²) in [4.78, 5) is 12.8. The average molecular weight is 486 g/mol. The molecule has 8 heteroatoms. The van der Waals surface area contributed by atoms with E-state index in [4.69, 9.17) is 4.74 Å². The fraction of sp³-hybridized carbons (Fsp3) is 0.381. The first kappa shape index (κ1) is 23.5. The zero-order valence-corrected chi connectivity index (χ0v) is 19.0. The Bertz CT molecular complexity index is 932. The number of sulfonamides is 1. The van der Waals surface area contributed by atoms with Crippen LogP contribution in [0.1, 0.15) is 32.8 Å². The molecular weight excluding hydrogens is 461 g/mol. The Balaban J connectivity index is 2.55. The van der Waals surface area contributed by atoms with Gasteiger partial charge in [0.2, 0.25) is 10.0 Å². The van der Waals surface area contributed by atoms with Crippen molar-refractivity contribution in [3.05, 3.63) is 64.4 Å². The molecular formula is C21H25BrFNO4S. The molecule has 0 aromatic heterocycles. The van der Waals surface area contributed by atoms with Crippen LogP contribution >= 0.6 is 15.9 Å². The van der Waals surface area contributed by atoms with Gasteiger partial charge in [-0.15, -0.1) is 0 Å².